The highest BCUT2D eigenvalue weighted by atomic mass is 32.1. The first-order chi connectivity index (χ1) is 11.2. The summed E-state index contributed by atoms with van der Waals surface area (Å²) < 4.78 is 1.84. The molecule has 0 aliphatic rings. The van der Waals surface area contributed by atoms with Crippen LogP contribution in [0, 0.1) is 0 Å². The predicted molar refractivity (Wildman–Crippen MR) is 90.3 cm³/mol. The molecule has 0 aliphatic carbocycles. The second kappa shape index (κ2) is 5.33. The zero-order valence-electron chi connectivity index (χ0n) is 12.0. The van der Waals surface area contributed by atoms with E-state index in [1.165, 1.54) is 0 Å². The Morgan fingerprint density at radius 2 is 1.91 bits per heavy atom. The van der Waals surface area contributed by atoms with Crippen LogP contribution in [0.5, 0.6) is 0 Å². The van der Waals surface area contributed by atoms with E-state index in [1.54, 1.807) is 23.5 Å². The number of rotatable bonds is 3. The molecule has 3 aromatic heterocycles. The highest BCUT2D eigenvalue weighted by molar-refractivity contribution is 7.13. The summed E-state index contributed by atoms with van der Waals surface area (Å²) in [5.41, 5.74) is 9.24. The molecule has 112 valence electrons. The first-order valence-electron chi connectivity index (χ1n) is 7.01. The number of fused-ring (bicyclic) bond motifs is 1. The van der Waals surface area contributed by atoms with E-state index in [-0.39, 0.29) is 0 Å². The zero-order valence-corrected chi connectivity index (χ0v) is 12.8. The number of nitrogens with zero attached hydrogens (tertiary/aromatic N) is 3. The van der Waals surface area contributed by atoms with Crippen LogP contribution >= 0.6 is 11.3 Å². The van der Waals surface area contributed by atoms with Crippen LogP contribution < -0.4 is 5.73 Å². The van der Waals surface area contributed by atoms with Gasteiger partial charge in [0.05, 0.1) is 16.8 Å². The maximum absolute atomic E-state index is 11.2. The Morgan fingerprint density at radius 3 is 2.61 bits per heavy atom. The van der Waals surface area contributed by atoms with Crippen molar-refractivity contribution in [3.8, 4) is 21.8 Å². The molecule has 0 radical (unpaired) electrons. The van der Waals surface area contributed by atoms with E-state index in [0.717, 1.165) is 27.5 Å². The highest BCUT2D eigenvalue weighted by Crippen LogP contribution is 2.26. The fraction of sp³-hybridized carbons (Fsp3) is 0. The van der Waals surface area contributed by atoms with E-state index < -0.39 is 5.91 Å². The molecule has 5 nitrogen and oxygen atoms in total. The van der Waals surface area contributed by atoms with Crippen molar-refractivity contribution < 1.29 is 4.79 Å². The van der Waals surface area contributed by atoms with Crippen LogP contribution in [0.15, 0.2) is 60.1 Å². The lowest BCUT2D eigenvalue weighted by atomic mass is 10.1. The van der Waals surface area contributed by atoms with Gasteiger partial charge in [0, 0.05) is 11.1 Å². The summed E-state index contributed by atoms with van der Waals surface area (Å²) in [5, 5.41) is 6.71. The molecule has 0 saturated carbocycles. The molecule has 23 heavy (non-hydrogen) atoms. The summed E-state index contributed by atoms with van der Waals surface area (Å²) in [6.45, 7) is 0. The fourth-order valence-corrected chi connectivity index (χ4v) is 3.15. The Labute approximate surface area is 136 Å². The lowest BCUT2D eigenvalue weighted by Crippen LogP contribution is -2.10. The van der Waals surface area contributed by atoms with Gasteiger partial charge >= 0.3 is 0 Å². The van der Waals surface area contributed by atoms with Gasteiger partial charge in [-0.3, -0.25) is 4.79 Å². The third kappa shape index (κ3) is 2.39. The third-order valence-corrected chi connectivity index (χ3v) is 4.49. The first kappa shape index (κ1) is 13.7. The molecule has 0 atom stereocenters. The first-order valence-corrected chi connectivity index (χ1v) is 7.89. The number of primary amides is 1. The molecule has 1 amide bonds. The molecule has 0 bridgehead atoms. The molecule has 1 aromatic carbocycles. The number of benzene rings is 1. The molecule has 4 aromatic rings. The van der Waals surface area contributed by atoms with Gasteiger partial charge in [0.25, 0.3) is 0 Å². The number of imidazole rings is 1. The number of carbonyl (C=O) groups is 1. The van der Waals surface area contributed by atoms with Crippen LogP contribution in [0.3, 0.4) is 0 Å². The number of amides is 1. The normalized spacial score (nSPS) is 11.0. The molecule has 3 heterocycles. The highest BCUT2D eigenvalue weighted by Gasteiger charge is 2.10. The summed E-state index contributed by atoms with van der Waals surface area (Å²) >= 11 is 1.65. The summed E-state index contributed by atoms with van der Waals surface area (Å²) in [6.07, 6.45) is 1.83. The smallest absolute Gasteiger partial charge is 0.248 e. The number of thiophene rings is 1. The van der Waals surface area contributed by atoms with Gasteiger partial charge in [-0.2, -0.15) is 5.10 Å². The van der Waals surface area contributed by atoms with Crippen LogP contribution in [0.2, 0.25) is 0 Å². The summed E-state index contributed by atoms with van der Waals surface area (Å²) in [5.74, 6) is -0.436. The van der Waals surface area contributed by atoms with Gasteiger partial charge in [-0.1, -0.05) is 18.2 Å². The van der Waals surface area contributed by atoms with Crippen LogP contribution in [0.25, 0.3) is 27.5 Å². The average molecular weight is 320 g/mol. The molecule has 0 saturated heterocycles. The Kier molecular flexibility index (Phi) is 3.17. The van der Waals surface area contributed by atoms with E-state index in [4.69, 9.17) is 5.73 Å². The molecule has 0 aliphatic heterocycles. The van der Waals surface area contributed by atoms with Crippen LogP contribution in [-0.4, -0.2) is 20.5 Å². The van der Waals surface area contributed by atoms with E-state index in [2.05, 4.69) is 10.1 Å². The van der Waals surface area contributed by atoms with E-state index >= 15 is 0 Å². The van der Waals surface area contributed by atoms with E-state index in [1.807, 2.05) is 52.5 Å². The minimum Gasteiger partial charge on any atom is -0.366 e. The van der Waals surface area contributed by atoms with Gasteiger partial charge in [-0.25, -0.2) is 9.50 Å². The molecule has 6 heteroatoms. The van der Waals surface area contributed by atoms with Gasteiger partial charge in [-0.05, 0) is 35.7 Å². The molecule has 2 N–H and O–H groups in total. The lowest BCUT2D eigenvalue weighted by Gasteiger charge is -2.04. The Bertz CT molecular complexity index is 987. The molecule has 0 spiro atoms. The number of nitrogens with two attached hydrogens (primary N) is 1. The third-order valence-electron chi connectivity index (χ3n) is 3.60. The van der Waals surface area contributed by atoms with Crippen molar-refractivity contribution >= 4 is 22.9 Å². The van der Waals surface area contributed by atoms with Crippen LogP contribution in [0.1, 0.15) is 10.4 Å². The minimum atomic E-state index is -0.436. The van der Waals surface area contributed by atoms with Crippen molar-refractivity contribution in [2.75, 3.05) is 0 Å². The monoisotopic (exact) mass is 320 g/mol. The maximum atomic E-state index is 11.2. The van der Waals surface area contributed by atoms with Crippen LogP contribution in [-0.2, 0) is 0 Å². The number of hydrogen-bond donors (Lipinski definition) is 1. The standard InChI is InChI=1S/C17H12N4OS/c18-17(22)12-5-3-11(4-6-12)13-7-8-16-19-10-14(21(16)20-13)15-2-1-9-23-15/h1-10H,(H2,18,22). The predicted octanol–water partition coefficient (Wildman–Crippen LogP) is 3.22. The zero-order chi connectivity index (χ0) is 15.8. The Hall–Kier alpha value is -2.99. The number of carbonyl (C=O) groups excluding carboxylic acids is 1. The van der Waals surface area contributed by atoms with Crippen molar-refractivity contribution in [3.05, 3.63) is 65.7 Å². The molecule has 0 unspecified atom stereocenters. The topological polar surface area (TPSA) is 73.3 Å². The van der Waals surface area contributed by atoms with E-state index in [9.17, 15) is 4.79 Å². The fourth-order valence-electron chi connectivity index (χ4n) is 2.42. The lowest BCUT2D eigenvalue weighted by molar-refractivity contribution is 0.100. The Balaban J connectivity index is 1.82. The SMILES string of the molecule is NC(=O)c1ccc(-c2ccc3ncc(-c4cccs4)n3n2)cc1. The van der Waals surface area contributed by atoms with Crippen molar-refractivity contribution in [2.45, 2.75) is 0 Å². The Morgan fingerprint density at radius 1 is 1.09 bits per heavy atom. The summed E-state index contributed by atoms with van der Waals surface area (Å²) in [7, 11) is 0. The maximum Gasteiger partial charge on any atom is 0.248 e. The van der Waals surface area contributed by atoms with Crippen molar-refractivity contribution in [2.24, 2.45) is 5.73 Å². The molecule has 4 rings (SSSR count). The molecule has 0 fully saturated rings. The molecular formula is C17H12N4OS. The molecular weight excluding hydrogens is 308 g/mol. The second-order valence-corrected chi connectivity index (χ2v) is 6.00. The van der Waals surface area contributed by atoms with Gasteiger partial charge in [0.1, 0.15) is 5.69 Å². The van der Waals surface area contributed by atoms with Crippen molar-refractivity contribution in [1.29, 1.82) is 0 Å². The van der Waals surface area contributed by atoms with Gasteiger partial charge in [-0.15, -0.1) is 11.3 Å². The van der Waals surface area contributed by atoms with Gasteiger partial charge in [0.2, 0.25) is 5.91 Å². The average Bonchev–Trinajstić information content (AvgIpc) is 3.23. The summed E-state index contributed by atoms with van der Waals surface area (Å²) in [4.78, 5) is 16.7. The van der Waals surface area contributed by atoms with Crippen LogP contribution in [0.4, 0.5) is 0 Å². The van der Waals surface area contributed by atoms with Gasteiger partial charge in [0.15, 0.2) is 5.65 Å². The summed E-state index contributed by atoms with van der Waals surface area (Å²) in [6, 6.07) is 15.0. The van der Waals surface area contributed by atoms with Gasteiger partial charge < -0.3 is 5.73 Å². The largest absolute Gasteiger partial charge is 0.366 e. The van der Waals surface area contributed by atoms with E-state index in [0.29, 0.717) is 5.56 Å². The number of hydrogen-bond acceptors (Lipinski definition) is 4. The van der Waals surface area contributed by atoms with Crippen molar-refractivity contribution in [3.63, 3.8) is 0 Å². The quantitative estimate of drug-likeness (QED) is 0.630. The van der Waals surface area contributed by atoms with Crippen molar-refractivity contribution in [1.82, 2.24) is 14.6 Å². The second-order valence-electron chi connectivity index (χ2n) is 5.05. The minimum absolute atomic E-state index is 0.436. The number of aromatic nitrogens is 3.